The molecule has 0 spiro atoms. The molecule has 6 nitrogen and oxygen atoms in total. The van der Waals surface area contributed by atoms with Gasteiger partial charge in [-0.05, 0) is 6.42 Å². The largest absolute Gasteiger partial charge is 0.465 e. The minimum Gasteiger partial charge on any atom is -0.465 e. The number of nitrogens with zero attached hydrogens (tertiary/aromatic N) is 2. The number of hydrogen-bond acceptors (Lipinski definition) is 3. The lowest BCUT2D eigenvalue weighted by molar-refractivity contribution is -0.139. The fourth-order valence-corrected chi connectivity index (χ4v) is 2.18. The van der Waals surface area contributed by atoms with Crippen LogP contribution in [0.1, 0.15) is 6.42 Å². The second kappa shape index (κ2) is 4.69. The highest BCUT2D eigenvalue weighted by atomic mass is 16.5. The number of carboxylic acid groups (broad SMARTS) is 1. The summed E-state index contributed by atoms with van der Waals surface area (Å²) >= 11 is 0. The van der Waals surface area contributed by atoms with Gasteiger partial charge >= 0.3 is 6.09 Å². The van der Waals surface area contributed by atoms with Crippen LogP contribution < -0.4 is 0 Å². The van der Waals surface area contributed by atoms with E-state index in [1.165, 1.54) is 4.90 Å². The van der Waals surface area contributed by atoms with Gasteiger partial charge in [-0.1, -0.05) is 0 Å². The molecule has 2 aliphatic heterocycles. The summed E-state index contributed by atoms with van der Waals surface area (Å²) in [5, 5.41) is 8.80. The molecule has 90 valence electrons. The highest BCUT2D eigenvalue weighted by Crippen LogP contribution is 2.19. The van der Waals surface area contributed by atoms with E-state index >= 15 is 0 Å². The average Bonchev–Trinajstić information content (AvgIpc) is 2.78. The van der Waals surface area contributed by atoms with Crippen molar-refractivity contribution in [2.24, 2.45) is 5.92 Å². The van der Waals surface area contributed by atoms with Gasteiger partial charge in [0.2, 0.25) is 5.91 Å². The van der Waals surface area contributed by atoms with Gasteiger partial charge in [0.25, 0.3) is 0 Å². The summed E-state index contributed by atoms with van der Waals surface area (Å²) < 4.78 is 5.17. The Hall–Kier alpha value is -1.30. The van der Waals surface area contributed by atoms with Crippen molar-refractivity contribution < 1.29 is 19.4 Å². The van der Waals surface area contributed by atoms with E-state index in [0.29, 0.717) is 45.8 Å². The van der Waals surface area contributed by atoms with Gasteiger partial charge in [-0.2, -0.15) is 0 Å². The van der Waals surface area contributed by atoms with E-state index in [0.717, 1.165) is 0 Å². The van der Waals surface area contributed by atoms with Crippen LogP contribution in [0.3, 0.4) is 0 Å². The summed E-state index contributed by atoms with van der Waals surface area (Å²) in [4.78, 5) is 25.8. The Kier molecular flexibility index (Phi) is 3.28. The molecule has 2 heterocycles. The van der Waals surface area contributed by atoms with Crippen molar-refractivity contribution in [3.63, 3.8) is 0 Å². The zero-order chi connectivity index (χ0) is 11.5. The van der Waals surface area contributed by atoms with E-state index in [4.69, 9.17) is 9.84 Å². The zero-order valence-electron chi connectivity index (χ0n) is 9.09. The lowest BCUT2D eigenvalue weighted by Gasteiger charge is -2.29. The molecule has 0 radical (unpaired) electrons. The number of hydrogen-bond donors (Lipinski definition) is 1. The summed E-state index contributed by atoms with van der Waals surface area (Å²) in [7, 11) is 0. The van der Waals surface area contributed by atoms with Crippen LogP contribution in [0.2, 0.25) is 0 Å². The maximum atomic E-state index is 12.0. The first-order valence-corrected chi connectivity index (χ1v) is 5.53. The summed E-state index contributed by atoms with van der Waals surface area (Å²) in [5.41, 5.74) is 0. The second-order valence-electron chi connectivity index (χ2n) is 4.15. The molecule has 1 N–H and O–H groups in total. The fraction of sp³-hybridized carbons (Fsp3) is 0.800. The molecular weight excluding hydrogens is 212 g/mol. The van der Waals surface area contributed by atoms with Crippen molar-refractivity contribution in [3.05, 3.63) is 0 Å². The number of rotatable bonds is 1. The van der Waals surface area contributed by atoms with Gasteiger partial charge < -0.3 is 19.6 Å². The molecule has 1 unspecified atom stereocenters. The van der Waals surface area contributed by atoms with Crippen molar-refractivity contribution in [2.75, 3.05) is 39.4 Å². The Labute approximate surface area is 93.8 Å². The van der Waals surface area contributed by atoms with Crippen LogP contribution in [0.4, 0.5) is 4.79 Å². The van der Waals surface area contributed by atoms with E-state index in [9.17, 15) is 9.59 Å². The number of carbonyl (C=O) groups is 2. The maximum absolute atomic E-state index is 12.0. The van der Waals surface area contributed by atoms with Gasteiger partial charge in [0.1, 0.15) is 0 Å². The molecule has 0 saturated carbocycles. The highest BCUT2D eigenvalue weighted by Gasteiger charge is 2.33. The predicted molar refractivity (Wildman–Crippen MR) is 55.1 cm³/mol. The summed E-state index contributed by atoms with van der Waals surface area (Å²) in [6.07, 6.45) is -0.292. The smallest absolute Gasteiger partial charge is 0.407 e. The number of morpholine rings is 1. The second-order valence-corrected chi connectivity index (χ2v) is 4.15. The quantitative estimate of drug-likeness (QED) is 0.677. The van der Waals surface area contributed by atoms with Crippen LogP contribution >= 0.6 is 0 Å². The number of carbonyl (C=O) groups excluding carboxylic acids is 1. The van der Waals surface area contributed by atoms with Crippen molar-refractivity contribution in [3.8, 4) is 0 Å². The van der Waals surface area contributed by atoms with Crippen LogP contribution in [0.5, 0.6) is 0 Å². The molecular formula is C10H16N2O4. The van der Waals surface area contributed by atoms with Crippen molar-refractivity contribution in [1.82, 2.24) is 9.80 Å². The van der Waals surface area contributed by atoms with Crippen molar-refractivity contribution >= 4 is 12.0 Å². The minimum absolute atomic E-state index is 0.0760. The summed E-state index contributed by atoms with van der Waals surface area (Å²) in [5.74, 6) is -0.0822. The van der Waals surface area contributed by atoms with Crippen LogP contribution in [0, 0.1) is 5.92 Å². The first-order valence-electron chi connectivity index (χ1n) is 5.53. The third kappa shape index (κ3) is 2.27. The molecule has 16 heavy (non-hydrogen) atoms. The molecule has 2 aliphatic rings. The number of likely N-dealkylation sites (tertiary alicyclic amines) is 1. The Bertz CT molecular complexity index is 289. The molecule has 2 amide bonds. The van der Waals surface area contributed by atoms with Crippen LogP contribution in [0.15, 0.2) is 0 Å². The molecule has 2 rings (SSSR count). The van der Waals surface area contributed by atoms with E-state index in [1.807, 2.05) is 0 Å². The average molecular weight is 228 g/mol. The van der Waals surface area contributed by atoms with E-state index in [1.54, 1.807) is 4.90 Å². The Morgan fingerprint density at radius 3 is 2.38 bits per heavy atom. The van der Waals surface area contributed by atoms with Crippen LogP contribution in [-0.4, -0.2) is 66.3 Å². The van der Waals surface area contributed by atoms with Crippen molar-refractivity contribution in [1.29, 1.82) is 0 Å². The lowest BCUT2D eigenvalue weighted by Crippen LogP contribution is -2.44. The van der Waals surface area contributed by atoms with E-state index in [2.05, 4.69) is 0 Å². The first kappa shape index (κ1) is 11.2. The van der Waals surface area contributed by atoms with Gasteiger partial charge in [0.05, 0.1) is 19.1 Å². The van der Waals surface area contributed by atoms with Crippen LogP contribution in [-0.2, 0) is 9.53 Å². The molecule has 1 atom stereocenters. The van der Waals surface area contributed by atoms with Gasteiger partial charge in [-0.25, -0.2) is 4.79 Å². The Morgan fingerprint density at radius 1 is 1.12 bits per heavy atom. The molecule has 6 heteroatoms. The molecule has 0 bridgehead atoms. The van der Waals surface area contributed by atoms with Gasteiger partial charge in [0.15, 0.2) is 0 Å². The topological polar surface area (TPSA) is 70.1 Å². The molecule has 0 aromatic heterocycles. The normalized spacial score (nSPS) is 25.9. The molecule has 2 saturated heterocycles. The number of ether oxygens (including phenoxy) is 1. The van der Waals surface area contributed by atoms with Gasteiger partial charge in [-0.15, -0.1) is 0 Å². The zero-order valence-corrected chi connectivity index (χ0v) is 9.09. The Balaban J connectivity index is 1.88. The molecule has 0 aliphatic carbocycles. The maximum Gasteiger partial charge on any atom is 0.407 e. The minimum atomic E-state index is -0.933. The molecule has 0 aromatic carbocycles. The fourth-order valence-electron chi connectivity index (χ4n) is 2.18. The third-order valence-corrected chi connectivity index (χ3v) is 3.13. The first-order chi connectivity index (χ1) is 7.68. The number of amides is 2. The van der Waals surface area contributed by atoms with E-state index < -0.39 is 6.09 Å². The summed E-state index contributed by atoms with van der Waals surface area (Å²) in [6, 6.07) is 0. The molecule has 2 fully saturated rings. The standard InChI is InChI=1S/C10H16N2O4/c13-9(11-3-5-16-6-4-11)8-1-2-12(7-8)10(14)15/h8H,1-7H2,(H,14,15). The van der Waals surface area contributed by atoms with Crippen LogP contribution in [0.25, 0.3) is 0 Å². The lowest BCUT2D eigenvalue weighted by atomic mass is 10.1. The van der Waals surface area contributed by atoms with Crippen molar-refractivity contribution in [2.45, 2.75) is 6.42 Å². The van der Waals surface area contributed by atoms with Gasteiger partial charge in [-0.3, -0.25) is 4.79 Å². The third-order valence-electron chi connectivity index (χ3n) is 3.13. The SMILES string of the molecule is O=C(O)N1CCC(C(=O)N2CCOCC2)C1. The Morgan fingerprint density at radius 2 is 1.81 bits per heavy atom. The monoisotopic (exact) mass is 228 g/mol. The van der Waals surface area contributed by atoms with E-state index in [-0.39, 0.29) is 11.8 Å². The molecule has 0 aromatic rings. The predicted octanol–water partition coefficient (Wildman–Crippen LogP) is -0.155. The van der Waals surface area contributed by atoms with Gasteiger partial charge in [0, 0.05) is 26.2 Å². The summed E-state index contributed by atoms with van der Waals surface area (Å²) in [6.45, 7) is 3.23. The highest BCUT2D eigenvalue weighted by molar-refractivity contribution is 5.80.